The van der Waals surface area contributed by atoms with Crippen LogP contribution in [0.15, 0.2) is 0 Å². The Bertz CT molecular complexity index is 269. The van der Waals surface area contributed by atoms with Crippen molar-refractivity contribution < 1.29 is 0 Å². The summed E-state index contributed by atoms with van der Waals surface area (Å²) in [5, 5.41) is 3.74. The third kappa shape index (κ3) is 6.58. The summed E-state index contributed by atoms with van der Waals surface area (Å²) >= 11 is 0. The van der Waals surface area contributed by atoms with E-state index in [0.29, 0.717) is 5.41 Å². The first-order valence-corrected chi connectivity index (χ1v) is 8.75. The topological polar surface area (TPSA) is 15.3 Å². The van der Waals surface area contributed by atoms with Crippen molar-refractivity contribution in [2.24, 2.45) is 11.3 Å². The first-order valence-electron chi connectivity index (χ1n) is 8.75. The van der Waals surface area contributed by atoms with Crippen LogP contribution >= 0.6 is 0 Å². The van der Waals surface area contributed by atoms with Crippen LogP contribution in [0.5, 0.6) is 0 Å². The van der Waals surface area contributed by atoms with E-state index < -0.39 is 0 Å². The highest BCUT2D eigenvalue weighted by Gasteiger charge is 2.29. The van der Waals surface area contributed by atoms with E-state index in [1.54, 1.807) is 0 Å². The van der Waals surface area contributed by atoms with E-state index in [-0.39, 0.29) is 5.54 Å². The van der Waals surface area contributed by atoms with Gasteiger partial charge in [-0.15, -0.1) is 0 Å². The van der Waals surface area contributed by atoms with Crippen LogP contribution in [0.25, 0.3) is 0 Å². The van der Waals surface area contributed by atoms with E-state index in [1.165, 1.54) is 51.7 Å². The molecule has 0 aromatic rings. The Kier molecular flexibility index (Phi) is 7.00. The summed E-state index contributed by atoms with van der Waals surface area (Å²) in [5.41, 5.74) is 0.639. The Hall–Kier alpha value is -0.0800. The van der Waals surface area contributed by atoms with Crippen LogP contribution in [-0.4, -0.2) is 36.6 Å². The molecule has 0 aliphatic carbocycles. The quantitative estimate of drug-likeness (QED) is 0.749. The number of nitrogens with one attached hydrogen (secondary N) is 1. The molecule has 0 bridgehead atoms. The molecular formula is C18H38N2. The maximum atomic E-state index is 3.74. The average Bonchev–Trinajstić information content (AvgIpc) is 2.36. The van der Waals surface area contributed by atoms with Crippen molar-refractivity contribution in [3.63, 3.8) is 0 Å². The predicted molar refractivity (Wildman–Crippen MR) is 90.2 cm³/mol. The average molecular weight is 283 g/mol. The largest absolute Gasteiger partial charge is 0.311 e. The van der Waals surface area contributed by atoms with Gasteiger partial charge in [0.05, 0.1) is 0 Å². The lowest BCUT2D eigenvalue weighted by atomic mass is 9.83. The zero-order valence-corrected chi connectivity index (χ0v) is 14.9. The van der Waals surface area contributed by atoms with Gasteiger partial charge in [0.1, 0.15) is 0 Å². The molecular weight excluding hydrogens is 244 g/mol. The molecule has 2 nitrogen and oxygen atoms in total. The van der Waals surface area contributed by atoms with E-state index in [9.17, 15) is 0 Å². The molecule has 0 saturated carbocycles. The number of likely N-dealkylation sites (tertiary alicyclic amines) is 1. The van der Waals surface area contributed by atoms with E-state index in [1.807, 2.05) is 0 Å². The minimum absolute atomic E-state index is 0.225. The fraction of sp³-hybridized carbons (Fsp3) is 1.00. The van der Waals surface area contributed by atoms with Crippen molar-refractivity contribution in [2.45, 2.75) is 79.2 Å². The summed E-state index contributed by atoms with van der Waals surface area (Å²) < 4.78 is 0. The maximum absolute atomic E-state index is 3.74. The van der Waals surface area contributed by atoms with Gasteiger partial charge in [-0.2, -0.15) is 0 Å². The molecule has 1 saturated heterocycles. The van der Waals surface area contributed by atoms with Crippen LogP contribution in [0, 0.1) is 11.3 Å². The van der Waals surface area contributed by atoms with Crippen molar-refractivity contribution in [1.82, 2.24) is 10.2 Å². The second kappa shape index (κ2) is 7.79. The number of piperidine rings is 1. The fourth-order valence-corrected chi connectivity index (χ4v) is 3.47. The van der Waals surface area contributed by atoms with Gasteiger partial charge >= 0.3 is 0 Å². The Labute approximate surface area is 127 Å². The fourth-order valence-electron chi connectivity index (χ4n) is 3.47. The first-order chi connectivity index (χ1) is 9.28. The zero-order chi connectivity index (χ0) is 15.2. The molecule has 1 aliphatic heterocycles. The maximum Gasteiger partial charge on any atom is 0.00967 e. The molecule has 1 heterocycles. The summed E-state index contributed by atoms with van der Waals surface area (Å²) in [6.45, 7) is 19.0. The van der Waals surface area contributed by atoms with Gasteiger partial charge in [0, 0.05) is 25.2 Å². The Balaban J connectivity index is 2.55. The van der Waals surface area contributed by atoms with Gasteiger partial charge in [-0.05, 0) is 57.9 Å². The SMILES string of the molecule is CCCC(C)(CNC(C)(C)C)CN1CCCC(CC)C1. The summed E-state index contributed by atoms with van der Waals surface area (Å²) in [5.74, 6) is 0.935. The van der Waals surface area contributed by atoms with Crippen molar-refractivity contribution >= 4 is 0 Å². The number of hydrogen-bond acceptors (Lipinski definition) is 2. The molecule has 1 aliphatic rings. The lowest BCUT2D eigenvalue weighted by Crippen LogP contribution is -2.49. The Morgan fingerprint density at radius 3 is 2.40 bits per heavy atom. The lowest BCUT2D eigenvalue weighted by molar-refractivity contribution is 0.0982. The number of rotatable bonds is 7. The highest BCUT2D eigenvalue weighted by molar-refractivity contribution is 4.85. The van der Waals surface area contributed by atoms with Gasteiger partial charge in [0.15, 0.2) is 0 Å². The van der Waals surface area contributed by atoms with E-state index in [4.69, 9.17) is 0 Å². The minimum atomic E-state index is 0.225. The molecule has 0 spiro atoms. The Morgan fingerprint density at radius 1 is 1.15 bits per heavy atom. The van der Waals surface area contributed by atoms with Crippen molar-refractivity contribution in [3.05, 3.63) is 0 Å². The monoisotopic (exact) mass is 282 g/mol. The molecule has 0 aromatic heterocycles. The summed E-state index contributed by atoms with van der Waals surface area (Å²) in [6.07, 6.45) is 6.79. The molecule has 0 amide bonds. The summed E-state index contributed by atoms with van der Waals surface area (Å²) in [7, 11) is 0. The third-order valence-corrected chi connectivity index (χ3v) is 4.68. The predicted octanol–water partition coefficient (Wildman–Crippen LogP) is 4.30. The molecule has 2 atom stereocenters. The third-order valence-electron chi connectivity index (χ3n) is 4.68. The smallest absolute Gasteiger partial charge is 0.00967 e. The normalized spacial score (nSPS) is 24.6. The van der Waals surface area contributed by atoms with Gasteiger partial charge in [0.25, 0.3) is 0 Å². The lowest BCUT2D eigenvalue weighted by Gasteiger charge is -2.41. The van der Waals surface area contributed by atoms with Crippen LogP contribution in [-0.2, 0) is 0 Å². The van der Waals surface area contributed by atoms with Crippen molar-refractivity contribution in [3.8, 4) is 0 Å². The van der Waals surface area contributed by atoms with Crippen molar-refractivity contribution in [1.29, 1.82) is 0 Å². The van der Waals surface area contributed by atoms with Gasteiger partial charge < -0.3 is 10.2 Å². The molecule has 1 fully saturated rings. The number of hydrogen-bond donors (Lipinski definition) is 1. The zero-order valence-electron chi connectivity index (χ0n) is 14.9. The number of nitrogens with zero attached hydrogens (tertiary/aromatic N) is 1. The molecule has 2 unspecified atom stereocenters. The van der Waals surface area contributed by atoms with E-state index >= 15 is 0 Å². The van der Waals surface area contributed by atoms with Gasteiger partial charge in [-0.1, -0.05) is 33.6 Å². The van der Waals surface area contributed by atoms with Crippen molar-refractivity contribution in [2.75, 3.05) is 26.2 Å². The van der Waals surface area contributed by atoms with Crippen LogP contribution in [0.1, 0.15) is 73.6 Å². The molecule has 0 radical (unpaired) electrons. The van der Waals surface area contributed by atoms with Crippen LogP contribution < -0.4 is 5.32 Å². The highest BCUT2D eigenvalue weighted by Crippen LogP contribution is 2.28. The van der Waals surface area contributed by atoms with Crippen LogP contribution in [0.2, 0.25) is 0 Å². The molecule has 0 aromatic carbocycles. The second-order valence-corrected chi connectivity index (χ2v) is 8.32. The van der Waals surface area contributed by atoms with Gasteiger partial charge in [-0.3, -0.25) is 0 Å². The van der Waals surface area contributed by atoms with Gasteiger partial charge in [0.2, 0.25) is 0 Å². The second-order valence-electron chi connectivity index (χ2n) is 8.32. The molecule has 20 heavy (non-hydrogen) atoms. The Morgan fingerprint density at radius 2 is 1.85 bits per heavy atom. The van der Waals surface area contributed by atoms with Crippen LogP contribution in [0.4, 0.5) is 0 Å². The molecule has 2 heteroatoms. The molecule has 1 N–H and O–H groups in total. The van der Waals surface area contributed by atoms with Crippen LogP contribution in [0.3, 0.4) is 0 Å². The standard InChI is InChI=1S/C18H38N2/c1-7-11-18(6,14-19-17(3,4)5)15-20-12-9-10-16(8-2)13-20/h16,19H,7-15H2,1-6H3. The highest BCUT2D eigenvalue weighted by atomic mass is 15.1. The molecule has 120 valence electrons. The molecule has 1 rings (SSSR count). The van der Waals surface area contributed by atoms with E-state index in [0.717, 1.165) is 12.5 Å². The van der Waals surface area contributed by atoms with Gasteiger partial charge in [-0.25, -0.2) is 0 Å². The summed E-state index contributed by atoms with van der Waals surface area (Å²) in [6, 6.07) is 0. The van der Waals surface area contributed by atoms with E-state index in [2.05, 4.69) is 51.8 Å². The summed E-state index contributed by atoms with van der Waals surface area (Å²) in [4.78, 5) is 2.73. The minimum Gasteiger partial charge on any atom is -0.311 e. The first kappa shape index (κ1) is 18.0.